The van der Waals surface area contributed by atoms with E-state index >= 15 is 0 Å². The standard InChI is InChI=1S/C83H151NO18/c1-3-5-7-9-11-13-15-17-19-21-23-25-27-29-31-33-35-37-39-41-43-45-47-49-51-53-55-57-59-61-71(89)84-66(67(88)60-58-56-54-52-50-48-46-44-42-40-38-36-34-32-30-28-26-24-22-20-18-16-14-12-10-8-6-4-2)65-97-81-77(95)74(92)79(69(63-86)99-81)102-83-78(96)75(93)80(70(64-87)100-83)101-82-76(94)73(91)72(90)68(62-85)98-82/h5,7,11,13,17,19,23,25,29,31,66-70,72-83,85-88,90-96H,3-4,6,8-10,12,14-16,18,20-22,24,26-28,30,32-65H2,1-2H3,(H,84,89)/b7-5-,13-11-,19-17-,25-23-,31-29-. The average Bonchev–Trinajstić information content (AvgIpc) is 0.766. The van der Waals surface area contributed by atoms with Gasteiger partial charge in [-0.05, 0) is 57.8 Å². The van der Waals surface area contributed by atoms with E-state index in [9.17, 15) is 61.0 Å². The summed E-state index contributed by atoms with van der Waals surface area (Å²) in [7, 11) is 0. The Hall–Kier alpha value is -2.51. The summed E-state index contributed by atoms with van der Waals surface area (Å²) in [5, 5.41) is 121. The fourth-order valence-electron chi connectivity index (χ4n) is 14.0. The molecule has 3 saturated heterocycles. The van der Waals surface area contributed by atoms with Crippen molar-refractivity contribution in [2.45, 2.75) is 433 Å². The molecule has 102 heavy (non-hydrogen) atoms. The highest BCUT2D eigenvalue weighted by Gasteiger charge is 2.54. The third-order valence-corrected chi connectivity index (χ3v) is 20.6. The molecular weight excluding hydrogens is 1300 g/mol. The van der Waals surface area contributed by atoms with Gasteiger partial charge in [0.15, 0.2) is 18.9 Å². The number of carbonyl (C=O) groups excluding carboxylic acids is 1. The van der Waals surface area contributed by atoms with E-state index in [0.29, 0.717) is 12.8 Å². The summed E-state index contributed by atoms with van der Waals surface area (Å²) in [6.45, 7) is 1.73. The maximum atomic E-state index is 13.5. The number of allylic oxidation sites excluding steroid dienone is 10. The molecule has 3 aliphatic rings. The fourth-order valence-corrected chi connectivity index (χ4v) is 14.0. The highest BCUT2D eigenvalue weighted by Crippen LogP contribution is 2.33. The van der Waals surface area contributed by atoms with Gasteiger partial charge in [-0.15, -0.1) is 0 Å². The quantitative estimate of drug-likeness (QED) is 0.0199. The van der Waals surface area contributed by atoms with E-state index in [1.807, 2.05) is 0 Å². The Bertz CT molecular complexity index is 2080. The van der Waals surface area contributed by atoms with E-state index in [4.69, 9.17) is 28.4 Å². The van der Waals surface area contributed by atoms with Gasteiger partial charge in [-0.2, -0.15) is 0 Å². The molecule has 0 spiro atoms. The third-order valence-electron chi connectivity index (χ3n) is 20.6. The zero-order chi connectivity index (χ0) is 73.9. The van der Waals surface area contributed by atoms with Crippen LogP contribution >= 0.6 is 0 Å². The highest BCUT2D eigenvalue weighted by atomic mass is 16.8. The normalized spacial score (nSPS) is 26.5. The SMILES string of the molecule is CC/C=C\C/C=C\C/C=C\C/C=C\C/C=C\CCCCCCCCCCCCCCCC(=O)NC(COC1OC(CO)C(OC2OC(CO)C(OC3OC(CO)C(O)C(O)C3O)C(O)C2O)C(O)C1O)C(O)CCCCCCCCCCCCCCCCCCCCCCCCCCCCCC. The predicted octanol–water partition coefficient (Wildman–Crippen LogP) is 14.2. The maximum absolute atomic E-state index is 13.5. The van der Waals surface area contributed by atoms with Gasteiger partial charge in [-0.3, -0.25) is 4.79 Å². The van der Waals surface area contributed by atoms with Crippen molar-refractivity contribution in [3.05, 3.63) is 60.8 Å². The van der Waals surface area contributed by atoms with Crippen molar-refractivity contribution < 1.29 is 89.4 Å². The summed E-state index contributed by atoms with van der Waals surface area (Å²) in [5.74, 6) is -0.241. The van der Waals surface area contributed by atoms with Crippen LogP contribution < -0.4 is 5.32 Å². The largest absolute Gasteiger partial charge is 0.394 e. The third kappa shape index (κ3) is 42.9. The van der Waals surface area contributed by atoms with Crippen LogP contribution in [0.5, 0.6) is 0 Å². The summed E-state index contributed by atoms with van der Waals surface area (Å²) in [5.41, 5.74) is 0. The minimum absolute atomic E-state index is 0.241. The topological polar surface area (TPSA) is 307 Å². The first kappa shape index (κ1) is 93.7. The molecule has 19 nitrogen and oxygen atoms in total. The Labute approximate surface area is 617 Å². The second-order valence-electron chi connectivity index (χ2n) is 29.6. The highest BCUT2D eigenvalue weighted by molar-refractivity contribution is 5.76. The summed E-state index contributed by atoms with van der Waals surface area (Å²) < 4.78 is 34.6. The van der Waals surface area contributed by atoms with Crippen LogP contribution in [0.1, 0.15) is 328 Å². The van der Waals surface area contributed by atoms with E-state index in [1.165, 1.54) is 212 Å². The molecule has 0 saturated carbocycles. The number of rotatable bonds is 66. The molecule has 596 valence electrons. The van der Waals surface area contributed by atoms with Gasteiger partial charge in [0.2, 0.25) is 5.91 Å². The number of ether oxygens (including phenoxy) is 6. The minimum atomic E-state index is -1.97. The van der Waals surface area contributed by atoms with Gasteiger partial charge in [-0.1, -0.05) is 325 Å². The number of aliphatic hydroxyl groups excluding tert-OH is 11. The fraction of sp³-hybridized carbons (Fsp3) is 0.867. The van der Waals surface area contributed by atoms with Gasteiger partial charge in [0.25, 0.3) is 0 Å². The van der Waals surface area contributed by atoms with Crippen LogP contribution in [0.25, 0.3) is 0 Å². The Morgan fingerprint density at radius 2 is 0.676 bits per heavy atom. The lowest BCUT2D eigenvalue weighted by Gasteiger charge is -2.48. The number of nitrogens with one attached hydrogen (secondary N) is 1. The van der Waals surface area contributed by atoms with E-state index < -0.39 is 124 Å². The molecule has 3 fully saturated rings. The van der Waals surface area contributed by atoms with Crippen LogP contribution in [-0.2, 0) is 33.2 Å². The van der Waals surface area contributed by atoms with E-state index in [0.717, 1.165) is 83.5 Å². The van der Waals surface area contributed by atoms with Crippen LogP contribution in [0, 0.1) is 0 Å². The first-order valence-electron chi connectivity index (χ1n) is 41.5. The van der Waals surface area contributed by atoms with Crippen molar-refractivity contribution in [3.8, 4) is 0 Å². The van der Waals surface area contributed by atoms with Crippen LogP contribution in [-0.4, -0.2) is 193 Å². The van der Waals surface area contributed by atoms with Crippen molar-refractivity contribution in [2.75, 3.05) is 26.4 Å². The van der Waals surface area contributed by atoms with Gasteiger partial charge >= 0.3 is 0 Å². The molecule has 1 amide bonds. The Kier molecular flexibility index (Phi) is 58.3. The van der Waals surface area contributed by atoms with Crippen molar-refractivity contribution >= 4 is 5.91 Å². The molecule has 3 heterocycles. The number of aliphatic hydroxyl groups is 11. The van der Waals surface area contributed by atoms with Gasteiger partial charge in [-0.25, -0.2) is 0 Å². The summed E-state index contributed by atoms with van der Waals surface area (Å²) >= 11 is 0. The Balaban J connectivity index is 1.36. The number of amides is 1. The Morgan fingerprint density at radius 3 is 1.06 bits per heavy atom. The minimum Gasteiger partial charge on any atom is -0.394 e. The first-order chi connectivity index (χ1) is 49.8. The zero-order valence-electron chi connectivity index (χ0n) is 63.8. The number of hydrogen-bond donors (Lipinski definition) is 12. The smallest absolute Gasteiger partial charge is 0.220 e. The molecule has 17 atom stereocenters. The molecule has 0 bridgehead atoms. The lowest BCUT2D eigenvalue weighted by molar-refractivity contribution is -0.379. The van der Waals surface area contributed by atoms with E-state index in [1.54, 1.807) is 0 Å². The number of carbonyl (C=O) groups is 1. The zero-order valence-corrected chi connectivity index (χ0v) is 63.8. The molecule has 19 heteroatoms. The van der Waals surface area contributed by atoms with Gasteiger partial charge < -0.3 is 89.9 Å². The van der Waals surface area contributed by atoms with E-state index in [-0.39, 0.29) is 18.9 Å². The van der Waals surface area contributed by atoms with Crippen LogP contribution in [0.4, 0.5) is 0 Å². The predicted molar refractivity (Wildman–Crippen MR) is 406 cm³/mol. The lowest BCUT2D eigenvalue weighted by atomic mass is 9.96. The van der Waals surface area contributed by atoms with Crippen LogP contribution in [0.2, 0.25) is 0 Å². The second kappa shape index (κ2) is 63.4. The second-order valence-corrected chi connectivity index (χ2v) is 29.6. The van der Waals surface area contributed by atoms with Crippen LogP contribution in [0.15, 0.2) is 60.8 Å². The molecule has 3 rings (SSSR count). The molecular formula is C83H151NO18. The summed E-state index contributed by atoms with van der Waals surface area (Å²) in [6.07, 6.45) is 54.5. The van der Waals surface area contributed by atoms with Crippen molar-refractivity contribution in [3.63, 3.8) is 0 Å². The number of unbranched alkanes of at least 4 members (excludes halogenated alkanes) is 40. The first-order valence-corrected chi connectivity index (χ1v) is 41.5. The molecule has 0 aromatic rings. The molecule has 0 radical (unpaired) electrons. The van der Waals surface area contributed by atoms with Crippen molar-refractivity contribution in [2.24, 2.45) is 0 Å². The molecule has 3 aliphatic heterocycles. The maximum Gasteiger partial charge on any atom is 0.220 e. The van der Waals surface area contributed by atoms with Crippen LogP contribution in [0.3, 0.4) is 0 Å². The molecule has 12 N–H and O–H groups in total. The van der Waals surface area contributed by atoms with Gasteiger partial charge in [0.05, 0.1) is 38.6 Å². The lowest BCUT2D eigenvalue weighted by Crippen LogP contribution is -2.66. The van der Waals surface area contributed by atoms with Crippen molar-refractivity contribution in [1.29, 1.82) is 0 Å². The van der Waals surface area contributed by atoms with Crippen molar-refractivity contribution in [1.82, 2.24) is 5.32 Å². The molecule has 0 aliphatic carbocycles. The Morgan fingerprint density at radius 1 is 0.363 bits per heavy atom. The molecule has 17 unspecified atom stereocenters. The van der Waals surface area contributed by atoms with E-state index in [2.05, 4.69) is 79.9 Å². The average molecular weight is 1450 g/mol. The summed E-state index contributed by atoms with van der Waals surface area (Å²) in [6, 6.07) is -0.892. The molecule has 0 aromatic heterocycles. The number of hydrogen-bond acceptors (Lipinski definition) is 18. The van der Waals surface area contributed by atoms with Gasteiger partial charge in [0, 0.05) is 6.42 Å². The van der Waals surface area contributed by atoms with Gasteiger partial charge in [0.1, 0.15) is 73.2 Å². The summed E-state index contributed by atoms with van der Waals surface area (Å²) in [4.78, 5) is 13.5. The molecule has 0 aromatic carbocycles. The monoisotopic (exact) mass is 1450 g/mol.